The van der Waals surface area contributed by atoms with E-state index in [9.17, 15) is 4.79 Å². The summed E-state index contributed by atoms with van der Waals surface area (Å²) in [5, 5.41) is 6.06. The van der Waals surface area contributed by atoms with Gasteiger partial charge in [-0.05, 0) is 29.8 Å². The zero-order chi connectivity index (χ0) is 16.5. The van der Waals surface area contributed by atoms with Crippen LogP contribution in [0.1, 0.15) is 12.5 Å². The zero-order valence-electron chi connectivity index (χ0n) is 13.5. The van der Waals surface area contributed by atoms with Gasteiger partial charge in [0.15, 0.2) is 11.5 Å². The average Bonchev–Trinajstić information content (AvgIpc) is 2.56. The van der Waals surface area contributed by atoms with Crippen LogP contribution in [0.15, 0.2) is 48.5 Å². The van der Waals surface area contributed by atoms with E-state index in [-0.39, 0.29) is 5.91 Å². The molecule has 0 spiro atoms. The Labute approximate surface area is 136 Å². The molecule has 0 atom stereocenters. The molecule has 0 aliphatic heterocycles. The third-order valence-corrected chi connectivity index (χ3v) is 3.21. The fourth-order valence-corrected chi connectivity index (χ4v) is 2.11. The molecule has 0 aliphatic rings. The lowest BCUT2D eigenvalue weighted by molar-refractivity contribution is -0.114. The summed E-state index contributed by atoms with van der Waals surface area (Å²) in [6.07, 6.45) is 0. The van der Waals surface area contributed by atoms with E-state index < -0.39 is 0 Å². The summed E-state index contributed by atoms with van der Waals surface area (Å²) in [5.74, 6) is 1.42. The minimum absolute atomic E-state index is 0.0654. The lowest BCUT2D eigenvalue weighted by Crippen LogP contribution is -2.20. The van der Waals surface area contributed by atoms with Crippen LogP contribution in [-0.4, -0.2) is 26.2 Å². The van der Waals surface area contributed by atoms with Gasteiger partial charge in [0.25, 0.3) is 0 Å². The Kier molecular flexibility index (Phi) is 6.44. The van der Waals surface area contributed by atoms with E-state index in [4.69, 9.17) is 9.47 Å². The first kappa shape index (κ1) is 16.8. The summed E-state index contributed by atoms with van der Waals surface area (Å²) in [6.45, 7) is 3.53. The third kappa shape index (κ3) is 5.64. The van der Waals surface area contributed by atoms with Crippen molar-refractivity contribution in [1.82, 2.24) is 5.32 Å². The number of carbonyl (C=O) groups excluding carboxylic acids is 1. The molecular weight excluding hydrogens is 292 g/mol. The van der Waals surface area contributed by atoms with Gasteiger partial charge in [0.05, 0.1) is 7.11 Å². The molecule has 0 aliphatic carbocycles. The Bertz CT molecular complexity index is 626. The maximum atomic E-state index is 11.0. The topological polar surface area (TPSA) is 59.6 Å². The molecule has 23 heavy (non-hydrogen) atoms. The summed E-state index contributed by atoms with van der Waals surface area (Å²) < 4.78 is 10.9. The number of carbonyl (C=O) groups is 1. The van der Waals surface area contributed by atoms with Gasteiger partial charge in [-0.3, -0.25) is 4.79 Å². The Morgan fingerprint density at radius 3 is 2.39 bits per heavy atom. The van der Waals surface area contributed by atoms with Crippen molar-refractivity contribution in [2.75, 3.05) is 25.6 Å². The van der Waals surface area contributed by atoms with Crippen molar-refractivity contribution in [3.63, 3.8) is 0 Å². The predicted molar refractivity (Wildman–Crippen MR) is 90.9 cm³/mol. The van der Waals surface area contributed by atoms with Gasteiger partial charge < -0.3 is 20.1 Å². The van der Waals surface area contributed by atoms with E-state index in [1.165, 1.54) is 6.92 Å². The molecule has 0 saturated heterocycles. The number of rotatable bonds is 8. The number of para-hydroxylation sites is 2. The molecule has 122 valence electrons. The van der Waals surface area contributed by atoms with Gasteiger partial charge in [-0.2, -0.15) is 0 Å². The van der Waals surface area contributed by atoms with Crippen LogP contribution in [0.5, 0.6) is 11.5 Å². The highest BCUT2D eigenvalue weighted by atomic mass is 16.5. The van der Waals surface area contributed by atoms with Gasteiger partial charge in [-0.1, -0.05) is 24.3 Å². The van der Waals surface area contributed by atoms with Crippen LogP contribution in [0.2, 0.25) is 0 Å². The number of methoxy groups -OCH3 is 1. The van der Waals surface area contributed by atoms with Crippen molar-refractivity contribution in [2.24, 2.45) is 0 Å². The molecule has 2 rings (SSSR count). The van der Waals surface area contributed by atoms with E-state index in [1.807, 2.05) is 48.5 Å². The van der Waals surface area contributed by atoms with Crippen LogP contribution in [0.4, 0.5) is 5.69 Å². The molecule has 0 heterocycles. The number of anilines is 1. The highest BCUT2D eigenvalue weighted by Crippen LogP contribution is 2.25. The van der Waals surface area contributed by atoms with Gasteiger partial charge in [-0.15, -0.1) is 0 Å². The maximum absolute atomic E-state index is 11.0. The molecule has 0 aromatic heterocycles. The molecule has 0 fully saturated rings. The van der Waals surface area contributed by atoms with Gasteiger partial charge in [-0.25, -0.2) is 0 Å². The minimum atomic E-state index is -0.0654. The molecule has 1 amide bonds. The Balaban J connectivity index is 1.70. The molecule has 0 radical (unpaired) electrons. The second-order valence-corrected chi connectivity index (χ2v) is 5.05. The molecule has 5 nitrogen and oxygen atoms in total. The van der Waals surface area contributed by atoms with Gasteiger partial charge >= 0.3 is 0 Å². The first-order valence-electron chi connectivity index (χ1n) is 7.52. The second-order valence-electron chi connectivity index (χ2n) is 5.05. The van der Waals surface area contributed by atoms with Crippen molar-refractivity contribution in [2.45, 2.75) is 13.5 Å². The maximum Gasteiger partial charge on any atom is 0.221 e. The number of hydrogen-bond donors (Lipinski definition) is 2. The normalized spacial score (nSPS) is 10.2. The monoisotopic (exact) mass is 314 g/mol. The second kappa shape index (κ2) is 8.80. The molecule has 2 aromatic rings. The van der Waals surface area contributed by atoms with Crippen LogP contribution >= 0.6 is 0 Å². The summed E-state index contributed by atoms with van der Waals surface area (Å²) in [6, 6.07) is 15.3. The number of hydrogen-bond acceptors (Lipinski definition) is 4. The molecule has 2 N–H and O–H groups in total. The quantitative estimate of drug-likeness (QED) is 0.736. The largest absolute Gasteiger partial charge is 0.493 e. The highest BCUT2D eigenvalue weighted by molar-refractivity contribution is 5.88. The summed E-state index contributed by atoms with van der Waals surface area (Å²) >= 11 is 0. The average molecular weight is 314 g/mol. The third-order valence-electron chi connectivity index (χ3n) is 3.21. The Morgan fingerprint density at radius 1 is 1.04 bits per heavy atom. The fourth-order valence-electron chi connectivity index (χ4n) is 2.11. The smallest absolute Gasteiger partial charge is 0.221 e. The first-order chi connectivity index (χ1) is 11.2. The van der Waals surface area contributed by atoms with Gasteiger partial charge in [0.2, 0.25) is 5.91 Å². The fraction of sp³-hybridized carbons (Fsp3) is 0.278. The van der Waals surface area contributed by atoms with Gasteiger partial charge in [0, 0.05) is 25.7 Å². The molecule has 0 bridgehead atoms. The van der Waals surface area contributed by atoms with Crippen LogP contribution < -0.4 is 20.1 Å². The van der Waals surface area contributed by atoms with Crippen molar-refractivity contribution < 1.29 is 14.3 Å². The number of benzene rings is 2. The van der Waals surface area contributed by atoms with E-state index in [1.54, 1.807) is 7.11 Å². The number of ether oxygens (including phenoxy) is 2. The summed E-state index contributed by atoms with van der Waals surface area (Å²) in [5.41, 5.74) is 1.96. The number of amides is 1. The molecule has 0 saturated carbocycles. The van der Waals surface area contributed by atoms with Crippen molar-refractivity contribution in [3.05, 3.63) is 54.1 Å². The zero-order valence-corrected chi connectivity index (χ0v) is 13.5. The van der Waals surface area contributed by atoms with E-state index in [0.717, 1.165) is 35.8 Å². The van der Waals surface area contributed by atoms with E-state index in [2.05, 4.69) is 10.6 Å². The van der Waals surface area contributed by atoms with E-state index in [0.29, 0.717) is 6.61 Å². The lowest BCUT2D eigenvalue weighted by Gasteiger charge is -2.11. The summed E-state index contributed by atoms with van der Waals surface area (Å²) in [4.78, 5) is 11.0. The predicted octanol–water partition coefficient (Wildman–Crippen LogP) is 2.82. The summed E-state index contributed by atoms with van der Waals surface area (Å²) in [7, 11) is 1.63. The minimum Gasteiger partial charge on any atom is -0.493 e. The SMILES string of the molecule is COc1ccccc1OCCNCc1ccc(NC(C)=O)cc1. The van der Waals surface area contributed by atoms with Crippen molar-refractivity contribution in [3.8, 4) is 11.5 Å². The molecule has 5 heteroatoms. The molecule has 0 unspecified atom stereocenters. The Hall–Kier alpha value is -2.53. The van der Waals surface area contributed by atoms with Crippen molar-refractivity contribution in [1.29, 1.82) is 0 Å². The highest BCUT2D eigenvalue weighted by Gasteiger charge is 2.02. The molecular formula is C18H22N2O3. The van der Waals surface area contributed by atoms with E-state index >= 15 is 0 Å². The van der Waals surface area contributed by atoms with Crippen LogP contribution in [0.3, 0.4) is 0 Å². The van der Waals surface area contributed by atoms with Crippen LogP contribution in [0.25, 0.3) is 0 Å². The van der Waals surface area contributed by atoms with Crippen molar-refractivity contribution >= 4 is 11.6 Å². The molecule has 2 aromatic carbocycles. The first-order valence-corrected chi connectivity index (χ1v) is 7.52. The standard InChI is InChI=1S/C18H22N2O3/c1-14(21)20-16-9-7-15(8-10-16)13-19-11-12-23-18-6-4-3-5-17(18)22-2/h3-10,19H,11-13H2,1-2H3,(H,20,21). The van der Waals surface area contributed by atoms with Gasteiger partial charge in [0.1, 0.15) is 6.61 Å². The van der Waals surface area contributed by atoms with Crippen LogP contribution in [0, 0.1) is 0 Å². The number of nitrogens with one attached hydrogen (secondary N) is 2. The lowest BCUT2D eigenvalue weighted by atomic mass is 10.2. The Morgan fingerprint density at radius 2 is 1.74 bits per heavy atom. The van der Waals surface area contributed by atoms with Crippen LogP contribution in [-0.2, 0) is 11.3 Å².